The average Bonchev–Trinajstić information content (AvgIpc) is 3.20. The number of hydrogen-bond acceptors (Lipinski definition) is 2. The third-order valence-electron chi connectivity index (χ3n) is 4.68. The van der Waals surface area contributed by atoms with Crippen LogP contribution in [0.5, 0.6) is 0 Å². The van der Waals surface area contributed by atoms with E-state index in [2.05, 4.69) is 6.92 Å². The highest BCUT2D eigenvalue weighted by Crippen LogP contribution is 2.14. The quantitative estimate of drug-likeness (QED) is 0.841. The minimum atomic E-state index is 0.0414. The number of amides is 2. The van der Waals surface area contributed by atoms with Crippen LogP contribution in [0.2, 0.25) is 0 Å². The highest BCUT2D eigenvalue weighted by atomic mass is 16.2. The van der Waals surface area contributed by atoms with Crippen molar-refractivity contribution >= 4 is 11.8 Å². The van der Waals surface area contributed by atoms with E-state index in [0.717, 1.165) is 18.5 Å². The maximum absolute atomic E-state index is 12.7. The largest absolute Gasteiger partial charge is 0.339 e. The van der Waals surface area contributed by atoms with Gasteiger partial charge in [-0.1, -0.05) is 13.3 Å². The van der Waals surface area contributed by atoms with Gasteiger partial charge in [0.2, 0.25) is 5.91 Å². The lowest BCUT2D eigenvalue weighted by Crippen LogP contribution is -2.50. The van der Waals surface area contributed by atoms with Crippen molar-refractivity contribution in [3.63, 3.8) is 0 Å². The summed E-state index contributed by atoms with van der Waals surface area (Å²) < 4.78 is 2.01. The Hall–Kier alpha value is -2.56. The first-order chi connectivity index (χ1) is 12.2. The molecule has 1 aromatic heterocycles. The number of carbonyl (C=O) groups excluding carboxylic acids is 2. The van der Waals surface area contributed by atoms with Gasteiger partial charge in [-0.15, -0.1) is 0 Å². The van der Waals surface area contributed by atoms with E-state index in [1.807, 2.05) is 63.2 Å². The fourth-order valence-corrected chi connectivity index (χ4v) is 3.11. The SMILES string of the molecule is CCCCC(=O)N1CCN(C(=O)c2ccc(-n3cccc3)cc2)CC1. The van der Waals surface area contributed by atoms with Crippen molar-refractivity contribution in [3.8, 4) is 5.69 Å². The molecule has 1 saturated heterocycles. The van der Waals surface area contributed by atoms with E-state index < -0.39 is 0 Å². The molecule has 5 nitrogen and oxygen atoms in total. The molecule has 1 aliphatic heterocycles. The second-order valence-corrected chi connectivity index (χ2v) is 6.41. The highest BCUT2D eigenvalue weighted by molar-refractivity contribution is 5.94. The average molecular weight is 339 g/mol. The summed E-state index contributed by atoms with van der Waals surface area (Å²) in [4.78, 5) is 28.5. The zero-order valence-electron chi connectivity index (χ0n) is 14.7. The molecule has 0 N–H and O–H groups in total. The molecule has 0 aliphatic carbocycles. The molecule has 132 valence electrons. The predicted molar refractivity (Wildman–Crippen MR) is 97.8 cm³/mol. The van der Waals surface area contributed by atoms with E-state index in [4.69, 9.17) is 0 Å². The lowest BCUT2D eigenvalue weighted by atomic mass is 10.1. The van der Waals surface area contributed by atoms with E-state index in [1.165, 1.54) is 0 Å². The fraction of sp³-hybridized carbons (Fsp3) is 0.400. The third-order valence-corrected chi connectivity index (χ3v) is 4.68. The standard InChI is InChI=1S/C20H25N3O2/c1-2-3-6-19(24)22-13-15-23(16-14-22)20(25)17-7-9-18(10-8-17)21-11-4-5-12-21/h4-5,7-12H,2-3,6,13-16H2,1H3. The van der Waals surface area contributed by atoms with Crippen LogP contribution in [-0.2, 0) is 4.79 Å². The van der Waals surface area contributed by atoms with Crippen molar-refractivity contribution < 1.29 is 9.59 Å². The number of rotatable bonds is 5. The van der Waals surface area contributed by atoms with Crippen LogP contribution >= 0.6 is 0 Å². The molecule has 2 aromatic rings. The van der Waals surface area contributed by atoms with Gasteiger partial charge in [-0.25, -0.2) is 0 Å². The number of aromatic nitrogens is 1. The first-order valence-electron chi connectivity index (χ1n) is 8.99. The topological polar surface area (TPSA) is 45.6 Å². The molecule has 2 heterocycles. The summed E-state index contributed by atoms with van der Waals surface area (Å²) in [7, 11) is 0. The summed E-state index contributed by atoms with van der Waals surface area (Å²) in [5, 5.41) is 0. The van der Waals surface area contributed by atoms with Gasteiger partial charge >= 0.3 is 0 Å². The van der Waals surface area contributed by atoms with Gasteiger partial charge in [0.25, 0.3) is 5.91 Å². The van der Waals surface area contributed by atoms with E-state index in [1.54, 1.807) is 0 Å². The van der Waals surface area contributed by atoms with Crippen molar-refractivity contribution in [1.29, 1.82) is 0 Å². The summed E-state index contributed by atoms with van der Waals surface area (Å²) >= 11 is 0. The molecule has 1 aliphatic rings. The van der Waals surface area contributed by atoms with Crippen LogP contribution in [0.1, 0.15) is 36.5 Å². The minimum absolute atomic E-state index is 0.0414. The minimum Gasteiger partial charge on any atom is -0.339 e. The number of benzene rings is 1. The zero-order chi connectivity index (χ0) is 17.6. The number of nitrogens with zero attached hydrogens (tertiary/aromatic N) is 3. The fourth-order valence-electron chi connectivity index (χ4n) is 3.11. The summed E-state index contributed by atoms with van der Waals surface area (Å²) in [6.45, 7) is 4.57. The zero-order valence-corrected chi connectivity index (χ0v) is 14.7. The smallest absolute Gasteiger partial charge is 0.253 e. The second kappa shape index (κ2) is 8.01. The van der Waals surface area contributed by atoms with Crippen LogP contribution in [0, 0.1) is 0 Å². The van der Waals surface area contributed by atoms with E-state index in [-0.39, 0.29) is 11.8 Å². The van der Waals surface area contributed by atoms with Crippen molar-refractivity contribution in [1.82, 2.24) is 14.4 Å². The molecular formula is C20H25N3O2. The van der Waals surface area contributed by atoms with Crippen molar-refractivity contribution in [2.24, 2.45) is 0 Å². The molecule has 5 heteroatoms. The molecule has 0 bridgehead atoms. The third kappa shape index (κ3) is 4.10. The van der Waals surface area contributed by atoms with E-state index in [9.17, 15) is 9.59 Å². The molecule has 3 rings (SSSR count). The molecule has 1 fully saturated rings. The number of hydrogen-bond donors (Lipinski definition) is 0. The first kappa shape index (κ1) is 17.3. The van der Waals surface area contributed by atoms with Crippen LogP contribution in [0.15, 0.2) is 48.8 Å². The lowest BCUT2D eigenvalue weighted by Gasteiger charge is -2.35. The molecule has 1 aromatic carbocycles. The molecule has 0 unspecified atom stereocenters. The van der Waals surface area contributed by atoms with Gasteiger partial charge in [0.1, 0.15) is 0 Å². The van der Waals surface area contributed by atoms with Crippen molar-refractivity contribution in [2.75, 3.05) is 26.2 Å². The Balaban J connectivity index is 1.56. The Morgan fingerprint density at radius 3 is 2.12 bits per heavy atom. The Bertz CT molecular complexity index is 699. The van der Waals surface area contributed by atoms with Gasteiger partial charge in [0.15, 0.2) is 0 Å². The Kier molecular flexibility index (Phi) is 5.53. The number of unbranched alkanes of at least 4 members (excludes halogenated alkanes) is 1. The van der Waals surface area contributed by atoms with Gasteiger partial charge in [0.05, 0.1) is 0 Å². The van der Waals surface area contributed by atoms with Gasteiger partial charge in [-0.2, -0.15) is 0 Å². The number of piperazine rings is 1. The van der Waals surface area contributed by atoms with Crippen LogP contribution in [0.25, 0.3) is 5.69 Å². The monoisotopic (exact) mass is 339 g/mol. The highest BCUT2D eigenvalue weighted by Gasteiger charge is 2.24. The van der Waals surface area contributed by atoms with Crippen molar-refractivity contribution in [2.45, 2.75) is 26.2 Å². The van der Waals surface area contributed by atoms with Gasteiger partial charge in [0, 0.05) is 56.2 Å². The van der Waals surface area contributed by atoms with Crippen LogP contribution in [-0.4, -0.2) is 52.4 Å². The Labute approximate surface area is 148 Å². The maximum Gasteiger partial charge on any atom is 0.253 e. The van der Waals surface area contributed by atoms with Crippen molar-refractivity contribution in [3.05, 3.63) is 54.4 Å². The number of carbonyl (C=O) groups is 2. The molecule has 0 saturated carbocycles. The maximum atomic E-state index is 12.7. The molecular weight excluding hydrogens is 314 g/mol. The molecule has 25 heavy (non-hydrogen) atoms. The predicted octanol–water partition coefficient (Wildman–Crippen LogP) is 2.95. The summed E-state index contributed by atoms with van der Waals surface area (Å²) in [5.74, 6) is 0.254. The van der Waals surface area contributed by atoms with Crippen LogP contribution in [0.3, 0.4) is 0 Å². The summed E-state index contributed by atoms with van der Waals surface area (Å²) in [5.41, 5.74) is 1.73. The Morgan fingerprint density at radius 1 is 0.920 bits per heavy atom. The molecule has 0 atom stereocenters. The summed E-state index contributed by atoms with van der Waals surface area (Å²) in [6, 6.07) is 11.6. The molecule has 0 radical (unpaired) electrons. The molecule has 0 spiro atoms. The molecule has 2 amide bonds. The van der Waals surface area contributed by atoms with Gasteiger partial charge in [-0.3, -0.25) is 9.59 Å². The normalized spacial score (nSPS) is 14.6. The van der Waals surface area contributed by atoms with Crippen LogP contribution < -0.4 is 0 Å². The first-order valence-corrected chi connectivity index (χ1v) is 8.99. The van der Waals surface area contributed by atoms with E-state index >= 15 is 0 Å². The lowest BCUT2D eigenvalue weighted by molar-refractivity contribution is -0.132. The van der Waals surface area contributed by atoms with Gasteiger partial charge < -0.3 is 14.4 Å². The van der Waals surface area contributed by atoms with Gasteiger partial charge in [-0.05, 0) is 42.8 Å². The van der Waals surface area contributed by atoms with E-state index in [0.29, 0.717) is 38.2 Å². The Morgan fingerprint density at radius 2 is 1.52 bits per heavy atom. The van der Waals surface area contributed by atoms with Crippen LogP contribution in [0.4, 0.5) is 0 Å². The second-order valence-electron chi connectivity index (χ2n) is 6.41. The summed E-state index contributed by atoms with van der Waals surface area (Å²) in [6.07, 6.45) is 6.54.